The maximum absolute atomic E-state index is 12.3. The van der Waals surface area contributed by atoms with Crippen molar-refractivity contribution in [1.29, 1.82) is 0 Å². The largest absolute Gasteiger partial charge is 0.327 e. The SMILES string of the molecule is CCN1NC2N=C(Cl)N(C(=O)C1=O)c1ccc(C)cc12. The summed E-state index contributed by atoms with van der Waals surface area (Å²) in [5, 5.41) is 1.27. The zero-order valence-electron chi connectivity index (χ0n) is 11.1. The van der Waals surface area contributed by atoms with Crippen LogP contribution in [0.4, 0.5) is 5.69 Å². The summed E-state index contributed by atoms with van der Waals surface area (Å²) in [6, 6.07) is 5.59. The number of hydrogen-bond acceptors (Lipinski definition) is 4. The lowest BCUT2D eigenvalue weighted by molar-refractivity contribution is -0.147. The van der Waals surface area contributed by atoms with Gasteiger partial charge in [-0.05, 0) is 31.5 Å². The van der Waals surface area contributed by atoms with E-state index in [1.807, 2.05) is 19.1 Å². The molecule has 2 amide bonds. The first kappa shape index (κ1) is 13.1. The van der Waals surface area contributed by atoms with Crippen LogP contribution in [0.5, 0.6) is 0 Å². The molecule has 7 heteroatoms. The van der Waals surface area contributed by atoms with E-state index in [1.165, 1.54) is 9.91 Å². The van der Waals surface area contributed by atoms with Gasteiger partial charge in [0.2, 0.25) is 5.29 Å². The molecule has 4 rings (SSSR count). The quantitative estimate of drug-likeness (QED) is 0.627. The van der Waals surface area contributed by atoms with Crippen molar-refractivity contribution in [1.82, 2.24) is 10.4 Å². The predicted molar refractivity (Wildman–Crippen MR) is 75.2 cm³/mol. The number of nitrogens with zero attached hydrogens (tertiary/aromatic N) is 3. The Morgan fingerprint density at radius 3 is 2.80 bits per heavy atom. The number of amides is 2. The van der Waals surface area contributed by atoms with Crippen molar-refractivity contribution in [2.24, 2.45) is 4.99 Å². The zero-order valence-corrected chi connectivity index (χ0v) is 11.8. The molecule has 20 heavy (non-hydrogen) atoms. The third kappa shape index (κ3) is 1.80. The first-order valence-corrected chi connectivity index (χ1v) is 6.66. The summed E-state index contributed by atoms with van der Waals surface area (Å²) in [5.74, 6) is -1.35. The van der Waals surface area contributed by atoms with Crippen LogP contribution in [0.1, 0.15) is 24.2 Å². The highest BCUT2D eigenvalue weighted by molar-refractivity contribution is 6.72. The van der Waals surface area contributed by atoms with Gasteiger partial charge in [-0.25, -0.2) is 15.3 Å². The van der Waals surface area contributed by atoms with E-state index in [-0.39, 0.29) is 5.29 Å². The molecule has 1 unspecified atom stereocenters. The maximum Gasteiger partial charge on any atom is 0.327 e. The van der Waals surface area contributed by atoms with E-state index < -0.39 is 18.0 Å². The highest BCUT2D eigenvalue weighted by Crippen LogP contribution is 2.35. The van der Waals surface area contributed by atoms with Gasteiger partial charge in [-0.2, -0.15) is 0 Å². The zero-order chi connectivity index (χ0) is 14.4. The highest BCUT2D eigenvalue weighted by Gasteiger charge is 2.40. The minimum absolute atomic E-state index is 0.00737. The summed E-state index contributed by atoms with van der Waals surface area (Å²) in [4.78, 5) is 29.8. The standard InChI is InChI=1S/C13H13ClN4O2/c1-3-17-11(19)12(20)18-9-5-4-7(2)6-8(9)10(16-17)15-13(18)14/h4-6,10,16H,3H2,1-2H3. The molecule has 3 aliphatic heterocycles. The molecule has 1 atom stereocenters. The average Bonchev–Trinajstić information content (AvgIpc) is 2.42. The Kier molecular flexibility index (Phi) is 2.99. The Hall–Kier alpha value is -1.92. The molecule has 1 aromatic rings. The summed E-state index contributed by atoms with van der Waals surface area (Å²) >= 11 is 6.05. The highest BCUT2D eigenvalue weighted by atomic mass is 35.5. The van der Waals surface area contributed by atoms with Gasteiger partial charge in [0.15, 0.2) is 0 Å². The van der Waals surface area contributed by atoms with Crippen LogP contribution in [0.15, 0.2) is 23.2 Å². The van der Waals surface area contributed by atoms with Gasteiger partial charge in [0.25, 0.3) is 0 Å². The molecule has 104 valence electrons. The lowest BCUT2D eigenvalue weighted by Crippen LogP contribution is -2.57. The van der Waals surface area contributed by atoms with Gasteiger partial charge in [-0.15, -0.1) is 0 Å². The number of halogens is 1. The minimum atomic E-state index is -0.712. The molecular formula is C13H13ClN4O2. The van der Waals surface area contributed by atoms with Gasteiger partial charge >= 0.3 is 11.8 Å². The van der Waals surface area contributed by atoms with Crippen LogP contribution < -0.4 is 10.3 Å². The molecule has 2 bridgehead atoms. The molecular weight excluding hydrogens is 280 g/mol. The van der Waals surface area contributed by atoms with E-state index in [9.17, 15) is 9.59 Å². The summed E-state index contributed by atoms with van der Waals surface area (Å²) in [5.41, 5.74) is 5.43. The van der Waals surface area contributed by atoms with Crippen LogP contribution in [0.25, 0.3) is 0 Å². The number of nitrogens with one attached hydrogen (secondary N) is 1. The maximum atomic E-state index is 12.3. The van der Waals surface area contributed by atoms with E-state index >= 15 is 0 Å². The van der Waals surface area contributed by atoms with Crippen molar-refractivity contribution >= 4 is 34.4 Å². The topological polar surface area (TPSA) is 65.0 Å². The molecule has 0 saturated carbocycles. The number of likely N-dealkylation sites (N-methyl/N-ethyl adjacent to an activating group) is 1. The number of aryl methyl sites for hydroxylation is 1. The molecule has 0 saturated heterocycles. The summed E-state index contributed by atoms with van der Waals surface area (Å²) < 4.78 is 0. The van der Waals surface area contributed by atoms with Crippen molar-refractivity contribution in [2.45, 2.75) is 20.0 Å². The monoisotopic (exact) mass is 292 g/mol. The Bertz CT molecular complexity index is 643. The predicted octanol–water partition coefficient (Wildman–Crippen LogP) is 1.30. The molecule has 3 heterocycles. The van der Waals surface area contributed by atoms with Crippen LogP contribution in [-0.2, 0) is 9.59 Å². The van der Waals surface area contributed by atoms with Crippen LogP contribution in [0.3, 0.4) is 0 Å². The molecule has 1 N–H and O–H groups in total. The smallest absolute Gasteiger partial charge is 0.268 e. The number of rotatable bonds is 1. The Balaban J connectivity index is 2.21. The summed E-state index contributed by atoms with van der Waals surface area (Å²) in [7, 11) is 0. The summed E-state index contributed by atoms with van der Waals surface area (Å²) in [6.07, 6.45) is -0.467. The molecule has 0 radical (unpaired) electrons. The number of hydrazine groups is 1. The molecule has 0 aliphatic carbocycles. The van der Waals surface area contributed by atoms with Gasteiger partial charge in [0, 0.05) is 12.1 Å². The third-order valence-electron chi connectivity index (χ3n) is 3.36. The average molecular weight is 293 g/mol. The van der Waals surface area contributed by atoms with Crippen molar-refractivity contribution in [3.8, 4) is 0 Å². The number of carbonyl (C=O) groups is 2. The fourth-order valence-electron chi connectivity index (χ4n) is 2.37. The van der Waals surface area contributed by atoms with E-state index in [1.54, 1.807) is 13.0 Å². The van der Waals surface area contributed by atoms with Crippen LogP contribution in [0.2, 0.25) is 0 Å². The molecule has 0 spiro atoms. The molecule has 0 aromatic heterocycles. The lowest BCUT2D eigenvalue weighted by Gasteiger charge is -2.37. The van der Waals surface area contributed by atoms with E-state index in [4.69, 9.17) is 11.6 Å². The second kappa shape index (κ2) is 4.57. The number of anilines is 1. The molecule has 3 aliphatic rings. The van der Waals surface area contributed by atoms with E-state index in [0.717, 1.165) is 11.1 Å². The Morgan fingerprint density at radius 2 is 2.10 bits per heavy atom. The van der Waals surface area contributed by atoms with Crippen LogP contribution >= 0.6 is 11.6 Å². The second-order valence-corrected chi connectivity index (χ2v) is 5.02. The van der Waals surface area contributed by atoms with Gasteiger partial charge in [0.1, 0.15) is 6.17 Å². The lowest BCUT2D eigenvalue weighted by atomic mass is 10.0. The number of aliphatic imine (C=N–C) groups is 1. The molecule has 6 nitrogen and oxygen atoms in total. The Morgan fingerprint density at radius 1 is 1.35 bits per heavy atom. The normalized spacial score (nSPS) is 21.6. The van der Waals surface area contributed by atoms with Crippen molar-refractivity contribution < 1.29 is 9.59 Å². The summed E-state index contributed by atoms with van der Waals surface area (Å²) in [6.45, 7) is 4.10. The van der Waals surface area contributed by atoms with Crippen LogP contribution in [0, 0.1) is 6.92 Å². The number of carbonyl (C=O) groups excluding carboxylic acids is 2. The molecule has 0 fully saturated rings. The fraction of sp³-hybridized carbons (Fsp3) is 0.308. The van der Waals surface area contributed by atoms with Crippen molar-refractivity contribution in [2.75, 3.05) is 11.4 Å². The van der Waals surface area contributed by atoms with Gasteiger partial charge in [-0.3, -0.25) is 14.6 Å². The van der Waals surface area contributed by atoms with Crippen molar-refractivity contribution in [3.05, 3.63) is 29.3 Å². The number of benzene rings is 1. The fourth-order valence-corrected chi connectivity index (χ4v) is 2.64. The molecule has 1 aromatic carbocycles. The first-order chi connectivity index (χ1) is 9.52. The van der Waals surface area contributed by atoms with Crippen molar-refractivity contribution in [3.63, 3.8) is 0 Å². The minimum Gasteiger partial charge on any atom is -0.268 e. The van der Waals surface area contributed by atoms with E-state index in [0.29, 0.717) is 12.2 Å². The van der Waals surface area contributed by atoms with E-state index in [2.05, 4.69) is 10.4 Å². The number of amidine groups is 1. The second-order valence-electron chi connectivity index (χ2n) is 4.68. The van der Waals surface area contributed by atoms with Crippen LogP contribution in [-0.4, -0.2) is 28.7 Å². The Labute approximate surface area is 121 Å². The van der Waals surface area contributed by atoms with Gasteiger partial charge in [0.05, 0.1) is 5.69 Å². The number of hydrogen-bond donors (Lipinski definition) is 1. The third-order valence-corrected chi connectivity index (χ3v) is 3.63. The van der Waals surface area contributed by atoms with Gasteiger partial charge in [-0.1, -0.05) is 17.7 Å². The van der Waals surface area contributed by atoms with Gasteiger partial charge < -0.3 is 0 Å². The first-order valence-electron chi connectivity index (χ1n) is 6.29. The number of fused-ring (bicyclic) bond motifs is 3.